The zero-order valence-electron chi connectivity index (χ0n) is 9.88. The van der Waals surface area contributed by atoms with Gasteiger partial charge in [0.05, 0.1) is 31.5 Å². The Labute approximate surface area is 135 Å². The van der Waals surface area contributed by atoms with Gasteiger partial charge in [-0.15, -0.1) is 0 Å². The molecule has 0 saturated heterocycles. The summed E-state index contributed by atoms with van der Waals surface area (Å²) in [6, 6.07) is 7.51. The van der Waals surface area contributed by atoms with Gasteiger partial charge in [0, 0.05) is 5.56 Å². The zero-order chi connectivity index (χ0) is 14.9. The Morgan fingerprint density at radius 1 is 0.900 bits per heavy atom. The molecule has 104 valence electrons. The number of carbonyl (C=O) groups excluding carboxylic acids is 1. The normalized spacial score (nSPS) is 10.4. The molecule has 0 saturated carbocycles. The highest BCUT2D eigenvalue weighted by Crippen LogP contribution is 2.32. The number of nitrogens with two attached hydrogens (primary N) is 1. The Balaban J connectivity index is 2.27. The number of amides is 1. The summed E-state index contributed by atoms with van der Waals surface area (Å²) in [5.41, 5.74) is 6.70. The van der Waals surface area contributed by atoms with Crippen LogP contribution in [0.15, 0.2) is 30.3 Å². The molecule has 0 heterocycles. The molecular weight excluding hydrogens is 342 g/mol. The molecule has 0 radical (unpaired) electrons. The molecule has 3 nitrogen and oxygen atoms in total. The molecule has 0 atom stereocenters. The van der Waals surface area contributed by atoms with E-state index in [9.17, 15) is 4.79 Å². The fourth-order valence-corrected chi connectivity index (χ4v) is 2.26. The largest absolute Gasteiger partial charge is 0.398 e. The highest BCUT2D eigenvalue weighted by Gasteiger charge is 2.12. The summed E-state index contributed by atoms with van der Waals surface area (Å²) in [6.07, 6.45) is 0. The van der Waals surface area contributed by atoms with Crippen LogP contribution in [0.25, 0.3) is 0 Å². The van der Waals surface area contributed by atoms with Crippen LogP contribution in [-0.2, 0) is 0 Å². The smallest absolute Gasteiger partial charge is 0.255 e. The summed E-state index contributed by atoms with van der Waals surface area (Å²) in [5.74, 6) is -0.382. The van der Waals surface area contributed by atoms with Gasteiger partial charge in [-0.3, -0.25) is 4.79 Å². The number of anilines is 2. The molecule has 0 bridgehead atoms. The van der Waals surface area contributed by atoms with Crippen LogP contribution in [0.3, 0.4) is 0 Å². The molecule has 2 aromatic rings. The second kappa shape index (κ2) is 6.10. The van der Waals surface area contributed by atoms with E-state index in [0.717, 1.165) is 0 Å². The quantitative estimate of drug-likeness (QED) is 0.583. The molecule has 0 aromatic heterocycles. The molecule has 20 heavy (non-hydrogen) atoms. The zero-order valence-corrected chi connectivity index (χ0v) is 12.9. The first-order valence-electron chi connectivity index (χ1n) is 5.39. The summed E-state index contributed by atoms with van der Waals surface area (Å²) in [4.78, 5) is 12.1. The van der Waals surface area contributed by atoms with Gasteiger partial charge in [0.1, 0.15) is 0 Å². The van der Waals surface area contributed by atoms with Crippen molar-refractivity contribution in [2.24, 2.45) is 0 Å². The lowest BCUT2D eigenvalue weighted by molar-refractivity contribution is 0.102. The monoisotopic (exact) mass is 348 g/mol. The molecule has 0 aliphatic carbocycles. The van der Waals surface area contributed by atoms with E-state index in [1.807, 2.05) is 0 Å². The van der Waals surface area contributed by atoms with Gasteiger partial charge in [-0.1, -0.05) is 46.4 Å². The van der Waals surface area contributed by atoms with E-state index in [0.29, 0.717) is 32.0 Å². The molecule has 7 heteroatoms. The average Bonchev–Trinajstić information content (AvgIpc) is 2.39. The number of nitrogens with one attached hydrogen (secondary N) is 1. The number of hydrogen-bond donors (Lipinski definition) is 2. The highest BCUT2D eigenvalue weighted by molar-refractivity contribution is 6.44. The third kappa shape index (κ3) is 3.30. The molecule has 0 fully saturated rings. The maximum atomic E-state index is 12.1. The number of nitrogen functional groups attached to an aromatic ring is 1. The number of hydrogen-bond acceptors (Lipinski definition) is 2. The van der Waals surface area contributed by atoms with Gasteiger partial charge in [0.15, 0.2) is 0 Å². The Hall–Kier alpha value is -1.13. The number of rotatable bonds is 2. The fraction of sp³-hybridized carbons (Fsp3) is 0. The van der Waals surface area contributed by atoms with Gasteiger partial charge in [-0.2, -0.15) is 0 Å². The van der Waals surface area contributed by atoms with E-state index < -0.39 is 0 Å². The van der Waals surface area contributed by atoms with Crippen molar-refractivity contribution in [2.45, 2.75) is 0 Å². The van der Waals surface area contributed by atoms with Crippen LogP contribution < -0.4 is 11.1 Å². The summed E-state index contributed by atoms with van der Waals surface area (Å²) in [6.45, 7) is 0. The van der Waals surface area contributed by atoms with Crippen LogP contribution in [0.4, 0.5) is 11.4 Å². The molecule has 3 N–H and O–H groups in total. The van der Waals surface area contributed by atoms with Crippen molar-refractivity contribution in [2.75, 3.05) is 11.1 Å². The highest BCUT2D eigenvalue weighted by atomic mass is 35.5. The molecule has 1 amide bonds. The minimum atomic E-state index is -0.382. The van der Waals surface area contributed by atoms with Crippen molar-refractivity contribution in [3.8, 4) is 0 Å². The molecule has 0 unspecified atom stereocenters. The van der Waals surface area contributed by atoms with E-state index in [1.54, 1.807) is 12.1 Å². The van der Waals surface area contributed by atoms with E-state index in [-0.39, 0.29) is 10.9 Å². The Morgan fingerprint density at radius 2 is 1.55 bits per heavy atom. The molecule has 0 aliphatic heterocycles. The van der Waals surface area contributed by atoms with Gasteiger partial charge in [-0.25, -0.2) is 0 Å². The van der Waals surface area contributed by atoms with Crippen molar-refractivity contribution in [1.82, 2.24) is 0 Å². The lowest BCUT2D eigenvalue weighted by Crippen LogP contribution is -2.12. The number of halogens is 4. The Bertz CT molecular complexity index is 688. The molecule has 2 rings (SSSR count). The van der Waals surface area contributed by atoms with Crippen molar-refractivity contribution >= 4 is 63.7 Å². The third-order valence-corrected chi connectivity index (χ3v) is 3.88. The van der Waals surface area contributed by atoms with E-state index >= 15 is 0 Å². The molecule has 0 aliphatic rings. The van der Waals surface area contributed by atoms with Crippen LogP contribution in [-0.4, -0.2) is 5.91 Å². The van der Waals surface area contributed by atoms with Crippen LogP contribution in [0, 0.1) is 0 Å². The minimum absolute atomic E-state index is 0.286. The molecule has 2 aromatic carbocycles. The van der Waals surface area contributed by atoms with E-state index in [4.69, 9.17) is 52.1 Å². The minimum Gasteiger partial charge on any atom is -0.398 e. The maximum Gasteiger partial charge on any atom is 0.255 e. The summed E-state index contributed by atoms with van der Waals surface area (Å²) in [7, 11) is 0. The van der Waals surface area contributed by atoms with E-state index in [2.05, 4.69) is 5.32 Å². The molecular formula is C13H8Cl4N2O. The van der Waals surface area contributed by atoms with Gasteiger partial charge in [0.2, 0.25) is 0 Å². The first-order valence-corrected chi connectivity index (χ1v) is 6.90. The lowest BCUT2D eigenvalue weighted by atomic mass is 10.2. The van der Waals surface area contributed by atoms with Crippen LogP contribution in [0.2, 0.25) is 20.1 Å². The Kier molecular flexibility index (Phi) is 4.66. The van der Waals surface area contributed by atoms with Crippen molar-refractivity contribution in [1.29, 1.82) is 0 Å². The predicted octanol–water partition coefficient (Wildman–Crippen LogP) is 5.13. The topological polar surface area (TPSA) is 55.1 Å². The van der Waals surface area contributed by atoms with Crippen molar-refractivity contribution in [3.05, 3.63) is 56.0 Å². The van der Waals surface area contributed by atoms with Gasteiger partial charge in [0.25, 0.3) is 5.91 Å². The lowest BCUT2D eigenvalue weighted by Gasteiger charge is -2.09. The van der Waals surface area contributed by atoms with Crippen LogP contribution in [0.5, 0.6) is 0 Å². The number of benzene rings is 2. The maximum absolute atomic E-state index is 12.1. The van der Waals surface area contributed by atoms with Crippen molar-refractivity contribution < 1.29 is 4.79 Å². The summed E-state index contributed by atoms with van der Waals surface area (Å²) >= 11 is 23.6. The van der Waals surface area contributed by atoms with Gasteiger partial charge < -0.3 is 11.1 Å². The Morgan fingerprint density at radius 3 is 2.20 bits per heavy atom. The third-order valence-electron chi connectivity index (χ3n) is 2.52. The summed E-state index contributed by atoms with van der Waals surface area (Å²) in [5, 5.41) is 3.82. The second-order valence-corrected chi connectivity index (χ2v) is 5.57. The number of carbonyl (C=O) groups is 1. The first-order chi connectivity index (χ1) is 9.38. The standard InChI is InChI=1S/C13H8Cl4N2O/c14-7-4-10(17)12(5-8(7)15)19-13(20)6-1-2-11(18)9(16)3-6/h1-5H,18H2,(H,19,20). The first kappa shape index (κ1) is 15.3. The predicted molar refractivity (Wildman–Crippen MR) is 85.3 cm³/mol. The molecule has 0 spiro atoms. The fourth-order valence-electron chi connectivity index (χ4n) is 1.48. The van der Waals surface area contributed by atoms with Crippen LogP contribution in [0.1, 0.15) is 10.4 Å². The van der Waals surface area contributed by atoms with Crippen molar-refractivity contribution in [3.63, 3.8) is 0 Å². The SMILES string of the molecule is Nc1ccc(C(=O)Nc2cc(Cl)c(Cl)cc2Cl)cc1Cl. The summed E-state index contributed by atoms with van der Waals surface area (Å²) < 4.78 is 0. The van der Waals surface area contributed by atoms with Crippen LogP contribution >= 0.6 is 46.4 Å². The van der Waals surface area contributed by atoms with Gasteiger partial charge in [-0.05, 0) is 30.3 Å². The van der Waals surface area contributed by atoms with Gasteiger partial charge >= 0.3 is 0 Å². The average molecular weight is 350 g/mol. The van der Waals surface area contributed by atoms with E-state index in [1.165, 1.54) is 18.2 Å². The second-order valence-electron chi connectivity index (χ2n) is 3.94.